The van der Waals surface area contributed by atoms with Crippen molar-refractivity contribution in [1.29, 1.82) is 0 Å². The number of hydrogen-bond donors (Lipinski definition) is 3. The second-order valence-corrected chi connectivity index (χ2v) is 12.1. The summed E-state index contributed by atoms with van der Waals surface area (Å²) >= 11 is 0. The van der Waals surface area contributed by atoms with Gasteiger partial charge in [0.05, 0.1) is 30.0 Å². The van der Waals surface area contributed by atoms with Crippen LogP contribution in [0.25, 0.3) is 22.3 Å². The average Bonchev–Trinajstić information content (AvgIpc) is 3.51. The standard InChI is InChI=1S/C36H38FN9O2/c1-3-29(47)21-24-6-4-7-25(20-24)33-32-34(38-27-10-11-31(30(37)23-27)46-16-18-48-19-17-46)42-43-35(32)41-36(40-33)39-26-8-5-9-28(22-26)45-14-12-44(2)13-15-45/h3-11,20,22-23H,1,12-19,21H2,2H3,(H3,38,39,40,41,42,43). The molecule has 7 rings (SSSR count). The average molecular weight is 648 g/mol. The Morgan fingerprint density at radius 2 is 1.73 bits per heavy atom. The summed E-state index contributed by atoms with van der Waals surface area (Å²) in [6.07, 6.45) is 1.55. The van der Waals surface area contributed by atoms with Gasteiger partial charge in [-0.05, 0) is 61.2 Å². The first kappa shape index (κ1) is 31.3. The normalized spacial score (nSPS) is 15.5. The highest BCUT2D eigenvalue weighted by Gasteiger charge is 2.20. The van der Waals surface area contributed by atoms with E-state index in [4.69, 9.17) is 14.7 Å². The van der Waals surface area contributed by atoms with E-state index in [1.54, 1.807) is 6.07 Å². The number of aromatic amines is 1. The van der Waals surface area contributed by atoms with Gasteiger partial charge in [-0.2, -0.15) is 10.1 Å². The number of aromatic nitrogens is 4. The van der Waals surface area contributed by atoms with Crippen molar-refractivity contribution in [1.82, 2.24) is 25.1 Å². The quantitative estimate of drug-likeness (QED) is 0.167. The van der Waals surface area contributed by atoms with Crippen molar-refractivity contribution in [2.75, 3.05) is 80.0 Å². The third-order valence-electron chi connectivity index (χ3n) is 8.76. The number of carbonyl (C=O) groups excluding carboxylic acids is 1. The van der Waals surface area contributed by atoms with E-state index in [0.29, 0.717) is 66.2 Å². The molecule has 4 heterocycles. The smallest absolute Gasteiger partial charge is 0.229 e. The van der Waals surface area contributed by atoms with Crippen LogP contribution in [-0.2, 0) is 16.0 Å². The summed E-state index contributed by atoms with van der Waals surface area (Å²) in [6.45, 7) is 9.99. The number of anilines is 6. The van der Waals surface area contributed by atoms with Crippen LogP contribution in [-0.4, -0.2) is 90.4 Å². The van der Waals surface area contributed by atoms with Crippen molar-refractivity contribution >= 4 is 51.3 Å². The number of ether oxygens (including phenoxy) is 1. The van der Waals surface area contributed by atoms with Gasteiger partial charge in [-0.3, -0.25) is 9.89 Å². The number of hydrogen-bond acceptors (Lipinski definition) is 10. The Labute approximate surface area is 278 Å². The molecule has 2 aliphatic rings. The van der Waals surface area contributed by atoms with Crippen molar-refractivity contribution in [2.45, 2.75) is 6.42 Å². The molecule has 3 N–H and O–H groups in total. The number of rotatable bonds is 10. The van der Waals surface area contributed by atoms with Crippen LogP contribution < -0.4 is 20.4 Å². The lowest BCUT2D eigenvalue weighted by Gasteiger charge is -2.34. The highest BCUT2D eigenvalue weighted by molar-refractivity contribution is 6.01. The van der Waals surface area contributed by atoms with E-state index in [-0.39, 0.29) is 18.0 Å². The zero-order valence-corrected chi connectivity index (χ0v) is 26.9. The minimum absolute atomic E-state index is 0.0733. The molecule has 0 unspecified atom stereocenters. The highest BCUT2D eigenvalue weighted by atomic mass is 19.1. The summed E-state index contributed by atoms with van der Waals surface area (Å²) in [4.78, 5) is 28.6. The molecule has 5 aromatic rings. The van der Waals surface area contributed by atoms with Gasteiger partial charge in [0.15, 0.2) is 11.4 Å². The van der Waals surface area contributed by atoms with Crippen molar-refractivity contribution < 1.29 is 13.9 Å². The Hall–Kier alpha value is -5.33. The van der Waals surface area contributed by atoms with Gasteiger partial charge in [-0.15, -0.1) is 0 Å². The number of H-pyrrole nitrogens is 1. The predicted molar refractivity (Wildman–Crippen MR) is 188 cm³/mol. The molecule has 0 saturated carbocycles. The monoisotopic (exact) mass is 647 g/mol. The Morgan fingerprint density at radius 3 is 2.52 bits per heavy atom. The molecular formula is C36H38FN9O2. The number of morpholine rings is 1. The summed E-state index contributed by atoms with van der Waals surface area (Å²) in [5, 5.41) is 14.9. The Balaban J connectivity index is 1.24. The van der Waals surface area contributed by atoms with Crippen LogP contribution in [0, 0.1) is 5.82 Å². The molecule has 0 bridgehead atoms. The van der Waals surface area contributed by atoms with Gasteiger partial charge in [0.25, 0.3) is 0 Å². The number of halogens is 1. The van der Waals surface area contributed by atoms with Crippen molar-refractivity contribution in [2.24, 2.45) is 0 Å². The zero-order chi connectivity index (χ0) is 33.0. The summed E-state index contributed by atoms with van der Waals surface area (Å²) in [6, 6.07) is 21.0. The lowest BCUT2D eigenvalue weighted by atomic mass is 10.0. The largest absolute Gasteiger partial charge is 0.378 e. The molecule has 2 fully saturated rings. The molecular weight excluding hydrogens is 609 g/mol. The molecule has 0 amide bonds. The SMILES string of the molecule is C=CC(=O)Cc1cccc(-c2nc(Nc3cccc(N4CCN(C)CC4)c3)nc3n[nH]c(Nc4ccc(N5CCOCC5)c(F)c4)c23)c1. The number of likely N-dealkylation sites (N-methyl/N-ethyl adjacent to an activating group) is 1. The van der Waals surface area contributed by atoms with Gasteiger partial charge < -0.3 is 30.1 Å². The first-order valence-electron chi connectivity index (χ1n) is 16.1. The van der Waals surface area contributed by atoms with E-state index in [2.05, 4.69) is 56.4 Å². The van der Waals surface area contributed by atoms with Gasteiger partial charge in [-0.25, -0.2) is 9.37 Å². The molecule has 0 aliphatic carbocycles. The van der Waals surface area contributed by atoms with E-state index in [1.807, 2.05) is 47.4 Å². The maximum absolute atomic E-state index is 15.3. The van der Waals surface area contributed by atoms with Crippen LogP contribution in [0.15, 0.2) is 79.4 Å². The minimum atomic E-state index is -0.327. The van der Waals surface area contributed by atoms with Crippen LogP contribution in [0.3, 0.4) is 0 Å². The lowest BCUT2D eigenvalue weighted by molar-refractivity contribution is -0.114. The third-order valence-corrected chi connectivity index (χ3v) is 8.76. The third kappa shape index (κ3) is 6.85. The van der Waals surface area contributed by atoms with Crippen molar-refractivity contribution in [3.8, 4) is 11.3 Å². The maximum atomic E-state index is 15.3. The number of allylic oxidation sites excluding steroid dienone is 1. The molecule has 246 valence electrons. The molecule has 12 heteroatoms. The minimum Gasteiger partial charge on any atom is -0.378 e. The van der Waals surface area contributed by atoms with Crippen LogP contribution >= 0.6 is 0 Å². The fourth-order valence-electron chi connectivity index (χ4n) is 6.15. The van der Waals surface area contributed by atoms with Crippen LogP contribution in [0.2, 0.25) is 0 Å². The number of carbonyl (C=O) groups is 1. The van der Waals surface area contributed by atoms with Gasteiger partial charge in [0.1, 0.15) is 11.6 Å². The molecule has 0 atom stereocenters. The molecule has 0 spiro atoms. The number of benzene rings is 3. The number of nitrogens with zero attached hydrogens (tertiary/aromatic N) is 6. The van der Waals surface area contributed by atoms with E-state index in [1.165, 1.54) is 12.1 Å². The summed E-state index contributed by atoms with van der Waals surface area (Å²) in [5.74, 6) is 0.497. The Bertz CT molecular complexity index is 1950. The first-order chi connectivity index (χ1) is 23.4. The molecule has 2 aromatic heterocycles. The maximum Gasteiger partial charge on any atom is 0.229 e. The van der Waals surface area contributed by atoms with Crippen LogP contribution in [0.1, 0.15) is 5.56 Å². The summed E-state index contributed by atoms with van der Waals surface area (Å²) in [7, 11) is 2.14. The van der Waals surface area contributed by atoms with E-state index in [0.717, 1.165) is 48.7 Å². The highest BCUT2D eigenvalue weighted by Crippen LogP contribution is 2.35. The fourth-order valence-corrected chi connectivity index (χ4v) is 6.15. The number of ketones is 1. The molecule has 2 aliphatic heterocycles. The lowest BCUT2D eigenvalue weighted by Crippen LogP contribution is -2.44. The van der Waals surface area contributed by atoms with E-state index >= 15 is 4.39 Å². The fraction of sp³-hybridized carbons (Fsp3) is 0.278. The van der Waals surface area contributed by atoms with E-state index < -0.39 is 0 Å². The second-order valence-electron chi connectivity index (χ2n) is 12.1. The van der Waals surface area contributed by atoms with Crippen molar-refractivity contribution in [3.05, 3.63) is 90.8 Å². The van der Waals surface area contributed by atoms with Crippen LogP contribution in [0.5, 0.6) is 0 Å². The Morgan fingerprint density at radius 1 is 0.938 bits per heavy atom. The molecule has 11 nitrogen and oxygen atoms in total. The topological polar surface area (TPSA) is 115 Å². The second kappa shape index (κ2) is 13.8. The van der Waals surface area contributed by atoms with Gasteiger partial charge in [0, 0.05) is 68.3 Å². The zero-order valence-electron chi connectivity index (χ0n) is 26.9. The number of piperazine rings is 1. The molecule has 2 saturated heterocycles. The predicted octanol–water partition coefficient (Wildman–Crippen LogP) is 5.53. The molecule has 48 heavy (non-hydrogen) atoms. The number of fused-ring (bicyclic) bond motifs is 1. The van der Waals surface area contributed by atoms with Gasteiger partial charge in [0.2, 0.25) is 5.95 Å². The van der Waals surface area contributed by atoms with Crippen molar-refractivity contribution in [3.63, 3.8) is 0 Å². The Kier molecular flexibility index (Phi) is 8.99. The first-order valence-corrected chi connectivity index (χ1v) is 16.1. The summed E-state index contributed by atoms with van der Waals surface area (Å²) in [5.41, 5.74) is 5.72. The molecule has 0 radical (unpaired) electrons. The van der Waals surface area contributed by atoms with Gasteiger partial charge >= 0.3 is 0 Å². The van der Waals surface area contributed by atoms with Crippen LogP contribution in [0.4, 0.5) is 38.9 Å². The van der Waals surface area contributed by atoms with E-state index in [9.17, 15) is 4.79 Å². The molecule has 3 aromatic carbocycles. The van der Waals surface area contributed by atoms with Gasteiger partial charge in [-0.1, -0.05) is 30.8 Å². The number of nitrogens with one attached hydrogen (secondary N) is 3. The summed E-state index contributed by atoms with van der Waals surface area (Å²) < 4.78 is 20.7.